The van der Waals surface area contributed by atoms with Crippen LogP contribution in [0, 0.1) is 5.92 Å². The minimum atomic E-state index is -0.986. The number of ether oxygens (including phenoxy) is 2. The number of carbonyl (C=O) groups is 3. The van der Waals surface area contributed by atoms with Crippen LogP contribution in [0.1, 0.15) is 60.0 Å². The molecule has 11 heteroatoms. The zero-order valence-electron chi connectivity index (χ0n) is 26.9. The lowest BCUT2D eigenvalue weighted by Crippen LogP contribution is -2.43. The molecular formula is C36H39N5O5S. The Balaban J connectivity index is 1.50. The van der Waals surface area contributed by atoms with E-state index in [0.717, 1.165) is 22.0 Å². The third kappa shape index (κ3) is 8.42. The number of aromatic nitrogens is 3. The quantitative estimate of drug-likeness (QED) is 0.137. The van der Waals surface area contributed by atoms with Crippen LogP contribution < -0.4 is 10.6 Å². The van der Waals surface area contributed by atoms with Gasteiger partial charge >= 0.3 is 12.1 Å². The van der Waals surface area contributed by atoms with E-state index >= 15 is 0 Å². The van der Waals surface area contributed by atoms with E-state index in [1.807, 2.05) is 78.5 Å². The zero-order valence-corrected chi connectivity index (χ0v) is 27.8. The number of nitrogens with zero attached hydrogens (tertiary/aromatic N) is 3. The highest BCUT2D eigenvalue weighted by atomic mass is 32.1. The van der Waals surface area contributed by atoms with Crippen molar-refractivity contribution in [1.82, 2.24) is 25.2 Å². The van der Waals surface area contributed by atoms with Crippen LogP contribution in [-0.2, 0) is 34.3 Å². The van der Waals surface area contributed by atoms with Gasteiger partial charge in [0.1, 0.15) is 23.4 Å². The number of thiazole rings is 1. The molecule has 0 fully saturated rings. The maximum atomic E-state index is 14.1. The molecule has 3 heterocycles. The van der Waals surface area contributed by atoms with E-state index in [1.54, 1.807) is 25.3 Å². The monoisotopic (exact) mass is 653 g/mol. The van der Waals surface area contributed by atoms with E-state index in [4.69, 9.17) is 14.5 Å². The number of fused-ring (bicyclic) bond motifs is 1. The Labute approximate surface area is 278 Å². The third-order valence-corrected chi connectivity index (χ3v) is 8.73. The number of pyridine rings is 1. The minimum Gasteiger partial charge on any atom is -0.464 e. The fourth-order valence-electron chi connectivity index (χ4n) is 5.34. The van der Waals surface area contributed by atoms with Crippen LogP contribution in [0.25, 0.3) is 21.3 Å². The number of rotatable bonds is 13. The van der Waals surface area contributed by atoms with Crippen molar-refractivity contribution in [3.63, 3.8) is 0 Å². The number of benzene rings is 2. The molecule has 3 aromatic heterocycles. The van der Waals surface area contributed by atoms with Crippen LogP contribution in [-0.4, -0.2) is 45.2 Å². The van der Waals surface area contributed by atoms with Gasteiger partial charge in [-0.15, -0.1) is 11.3 Å². The Hall–Kier alpha value is -5.03. The second-order valence-corrected chi connectivity index (χ2v) is 12.6. The molecule has 0 radical (unpaired) electrons. The van der Waals surface area contributed by atoms with Crippen molar-refractivity contribution in [2.45, 2.75) is 52.3 Å². The van der Waals surface area contributed by atoms with Gasteiger partial charge in [-0.25, -0.2) is 14.6 Å². The van der Waals surface area contributed by atoms with Gasteiger partial charge in [-0.05, 0) is 43.0 Å². The molecule has 0 aliphatic heterocycles. The number of nitrogens with one attached hydrogen (secondary N) is 2. The number of carbonyl (C=O) groups excluding carboxylic acids is 3. The van der Waals surface area contributed by atoms with Crippen LogP contribution in [0.2, 0.25) is 0 Å². The molecule has 10 nitrogen and oxygen atoms in total. The lowest BCUT2D eigenvalue weighted by molar-refractivity contribution is -0.145. The van der Waals surface area contributed by atoms with Gasteiger partial charge in [0.05, 0.1) is 17.5 Å². The van der Waals surface area contributed by atoms with Crippen LogP contribution in [0.4, 0.5) is 4.79 Å². The second kappa shape index (κ2) is 15.5. The number of para-hydroxylation sites is 1. The Morgan fingerprint density at radius 1 is 0.936 bits per heavy atom. The third-order valence-electron chi connectivity index (χ3n) is 7.53. The first-order chi connectivity index (χ1) is 22.7. The van der Waals surface area contributed by atoms with E-state index in [2.05, 4.69) is 29.5 Å². The highest BCUT2D eigenvalue weighted by Gasteiger charge is 2.30. The summed E-state index contributed by atoms with van der Waals surface area (Å²) in [5, 5.41) is 7.37. The molecule has 2 aromatic carbocycles. The Kier molecular flexibility index (Phi) is 11.0. The van der Waals surface area contributed by atoms with Crippen molar-refractivity contribution >= 4 is 40.2 Å². The summed E-state index contributed by atoms with van der Waals surface area (Å²) in [4.78, 5) is 50.0. The fraction of sp³-hybridized carbons (Fsp3) is 0.306. The van der Waals surface area contributed by atoms with Gasteiger partial charge in [-0.2, -0.15) is 0 Å². The molecule has 0 bridgehead atoms. The molecule has 0 aliphatic rings. The maximum absolute atomic E-state index is 14.1. The van der Waals surface area contributed by atoms with E-state index in [-0.39, 0.29) is 31.2 Å². The summed E-state index contributed by atoms with van der Waals surface area (Å²) < 4.78 is 12.8. The Morgan fingerprint density at radius 2 is 1.68 bits per heavy atom. The van der Waals surface area contributed by atoms with Gasteiger partial charge in [-0.1, -0.05) is 68.4 Å². The van der Waals surface area contributed by atoms with Gasteiger partial charge in [0.25, 0.3) is 5.91 Å². The molecule has 5 rings (SSSR count). The largest absolute Gasteiger partial charge is 0.464 e. The van der Waals surface area contributed by atoms with Gasteiger partial charge in [0.15, 0.2) is 0 Å². The molecule has 47 heavy (non-hydrogen) atoms. The first kappa shape index (κ1) is 33.3. The summed E-state index contributed by atoms with van der Waals surface area (Å²) >= 11 is 1.34. The van der Waals surface area contributed by atoms with Gasteiger partial charge in [-0.3, -0.25) is 9.78 Å². The van der Waals surface area contributed by atoms with E-state index in [9.17, 15) is 14.4 Å². The summed E-state index contributed by atoms with van der Waals surface area (Å²) in [5.74, 6) is -0.892. The van der Waals surface area contributed by atoms with Gasteiger partial charge in [0.2, 0.25) is 0 Å². The van der Waals surface area contributed by atoms with Crippen molar-refractivity contribution in [2.75, 3.05) is 6.61 Å². The predicted molar refractivity (Wildman–Crippen MR) is 182 cm³/mol. The average molecular weight is 654 g/mol. The normalized spacial score (nSPS) is 12.4. The average Bonchev–Trinajstić information content (AvgIpc) is 3.66. The smallest absolute Gasteiger partial charge is 0.408 e. The molecule has 0 spiro atoms. The lowest BCUT2D eigenvalue weighted by Gasteiger charge is -2.18. The lowest BCUT2D eigenvalue weighted by atomic mass is 10.0. The predicted octanol–water partition coefficient (Wildman–Crippen LogP) is 6.61. The summed E-state index contributed by atoms with van der Waals surface area (Å²) in [6.07, 6.45) is 3.74. The summed E-state index contributed by atoms with van der Waals surface area (Å²) in [7, 11) is 1.95. The molecule has 0 aliphatic carbocycles. The van der Waals surface area contributed by atoms with Crippen molar-refractivity contribution in [2.24, 2.45) is 13.0 Å². The fourth-order valence-corrected chi connectivity index (χ4v) is 6.49. The van der Waals surface area contributed by atoms with Crippen molar-refractivity contribution in [3.05, 3.63) is 107 Å². The number of hydrogen-bond donors (Lipinski definition) is 2. The number of hydrogen-bond acceptors (Lipinski definition) is 8. The molecule has 2 N–H and O–H groups in total. The molecule has 2 amide bonds. The van der Waals surface area contributed by atoms with E-state index < -0.39 is 30.1 Å². The van der Waals surface area contributed by atoms with Crippen molar-refractivity contribution in [1.29, 1.82) is 0 Å². The summed E-state index contributed by atoms with van der Waals surface area (Å²) in [6, 6.07) is 21.3. The van der Waals surface area contributed by atoms with Crippen molar-refractivity contribution in [3.8, 4) is 10.4 Å². The summed E-state index contributed by atoms with van der Waals surface area (Å²) in [5.41, 5.74) is 3.48. The SMILES string of the molecule is CCOC(=O)[C@@H](Cc1ccccn1)NC(=O)c1nc([C@H](CC(C)C)NC(=O)OCc2ccccc2)sc1-c1cn(C)c2ccccc12. The molecule has 0 saturated heterocycles. The highest BCUT2D eigenvalue weighted by Crippen LogP contribution is 2.39. The standard InChI is InChI=1S/C36H39N5O5S/c1-5-45-35(43)29(20-25-15-11-12-18-37-25)38-33(42)31-32(27-21-41(4)30-17-10-9-16-26(27)30)47-34(40-31)28(19-23(2)3)39-36(44)46-22-24-13-7-6-8-14-24/h6-18,21,23,28-29H,5,19-20,22H2,1-4H3,(H,38,42)(H,39,44)/t28-,29+/m0/s1. The van der Waals surface area contributed by atoms with Crippen LogP contribution in [0.15, 0.2) is 85.2 Å². The zero-order chi connectivity index (χ0) is 33.3. The molecule has 244 valence electrons. The second-order valence-electron chi connectivity index (χ2n) is 11.6. The number of alkyl carbamates (subject to hydrolysis) is 1. The number of esters is 1. The first-order valence-corrected chi connectivity index (χ1v) is 16.4. The highest BCUT2D eigenvalue weighted by molar-refractivity contribution is 7.15. The van der Waals surface area contributed by atoms with Gasteiger partial charge < -0.3 is 24.7 Å². The van der Waals surface area contributed by atoms with Gasteiger partial charge in [0, 0.05) is 48.0 Å². The number of aryl methyl sites for hydroxylation is 1. The van der Waals surface area contributed by atoms with E-state index in [1.165, 1.54) is 11.3 Å². The van der Waals surface area contributed by atoms with Crippen molar-refractivity contribution < 1.29 is 23.9 Å². The molecule has 2 atom stereocenters. The molecule has 0 unspecified atom stereocenters. The molecule has 5 aromatic rings. The number of amides is 2. The Bertz CT molecular complexity index is 1820. The molecular weight excluding hydrogens is 614 g/mol. The maximum Gasteiger partial charge on any atom is 0.408 e. The minimum absolute atomic E-state index is 0.124. The van der Waals surface area contributed by atoms with E-state index in [0.29, 0.717) is 22.0 Å². The van der Waals surface area contributed by atoms with Crippen LogP contribution in [0.5, 0.6) is 0 Å². The topological polar surface area (TPSA) is 124 Å². The molecule has 0 saturated carbocycles. The van der Waals surface area contributed by atoms with Crippen LogP contribution in [0.3, 0.4) is 0 Å². The van der Waals surface area contributed by atoms with Crippen LogP contribution >= 0.6 is 11.3 Å². The summed E-state index contributed by atoms with van der Waals surface area (Å²) in [6.45, 7) is 6.12. The first-order valence-electron chi connectivity index (χ1n) is 15.6. The Morgan fingerprint density at radius 3 is 2.40 bits per heavy atom.